The average Bonchev–Trinajstić information content (AvgIpc) is 3.00. The number of nitrogens with two attached hydrogens (primary N) is 1. The van der Waals surface area contributed by atoms with Gasteiger partial charge in [-0.1, -0.05) is 18.2 Å². The third kappa shape index (κ3) is 2.23. The summed E-state index contributed by atoms with van der Waals surface area (Å²) >= 11 is 0. The number of halogens is 3. The van der Waals surface area contributed by atoms with Gasteiger partial charge in [0.2, 0.25) is 5.95 Å². The maximum atomic E-state index is 14.5. The van der Waals surface area contributed by atoms with Gasteiger partial charge in [-0.2, -0.15) is 0 Å². The van der Waals surface area contributed by atoms with E-state index in [1.165, 1.54) is 4.52 Å². The number of fused-ring (bicyclic) bond motifs is 2. The van der Waals surface area contributed by atoms with Crippen LogP contribution in [0.3, 0.4) is 0 Å². The molecule has 3 heterocycles. The quantitative estimate of drug-likeness (QED) is 0.459. The smallest absolute Gasteiger partial charge is 0.238 e. The van der Waals surface area contributed by atoms with Crippen molar-refractivity contribution in [2.75, 3.05) is 5.73 Å². The Morgan fingerprint density at radius 1 is 0.852 bits per heavy atom. The van der Waals surface area contributed by atoms with Gasteiger partial charge in [0.15, 0.2) is 11.6 Å². The molecule has 0 fully saturated rings. The Balaban J connectivity index is 1.93. The van der Waals surface area contributed by atoms with E-state index >= 15 is 0 Å². The van der Waals surface area contributed by atoms with E-state index in [1.54, 1.807) is 24.4 Å². The largest absolute Gasteiger partial charge is 0.367 e. The maximum absolute atomic E-state index is 14.5. The Morgan fingerprint density at radius 2 is 1.63 bits per heavy atom. The molecule has 0 radical (unpaired) electrons. The van der Waals surface area contributed by atoms with Crippen LogP contribution in [0.4, 0.5) is 24.8 Å². The van der Waals surface area contributed by atoms with Crippen molar-refractivity contribution >= 4 is 22.9 Å². The molecule has 1 aliphatic rings. The van der Waals surface area contributed by atoms with Crippen LogP contribution in [-0.4, -0.2) is 20.3 Å². The third-order valence-electron chi connectivity index (χ3n) is 4.44. The second-order valence-corrected chi connectivity index (χ2v) is 6.06. The highest BCUT2D eigenvalue weighted by Crippen LogP contribution is 2.38. The van der Waals surface area contributed by atoms with E-state index in [1.807, 2.05) is 12.1 Å². The molecule has 8 heteroatoms. The molecule has 0 saturated heterocycles. The first-order chi connectivity index (χ1) is 13.0. The molecule has 2 aromatic heterocycles. The van der Waals surface area contributed by atoms with Crippen LogP contribution < -0.4 is 5.73 Å². The zero-order chi connectivity index (χ0) is 18.7. The molecule has 0 bridgehead atoms. The molecule has 0 aliphatic carbocycles. The molecule has 0 amide bonds. The lowest BCUT2D eigenvalue weighted by Crippen LogP contribution is -2.08. The average molecular weight is 365 g/mol. The summed E-state index contributed by atoms with van der Waals surface area (Å²) < 4.78 is 43.3. The molecule has 4 aromatic rings. The number of hydrogen-bond acceptors (Lipinski definition) is 4. The first-order valence-electron chi connectivity index (χ1n) is 8.01. The fraction of sp³-hybridized carbons (Fsp3) is 0. The second kappa shape index (κ2) is 5.41. The second-order valence-electron chi connectivity index (χ2n) is 6.06. The molecule has 132 valence electrons. The van der Waals surface area contributed by atoms with E-state index in [-0.39, 0.29) is 17.2 Å². The van der Waals surface area contributed by atoms with Gasteiger partial charge in [-0.05, 0) is 18.2 Å². The number of para-hydroxylation sites is 1. The van der Waals surface area contributed by atoms with Crippen LogP contribution >= 0.6 is 0 Å². The summed E-state index contributed by atoms with van der Waals surface area (Å²) in [5.41, 5.74) is 8.58. The van der Waals surface area contributed by atoms with Crippen LogP contribution in [-0.2, 0) is 0 Å². The minimum absolute atomic E-state index is 0.0666. The zero-order valence-corrected chi connectivity index (χ0v) is 13.6. The van der Waals surface area contributed by atoms with Gasteiger partial charge in [-0.25, -0.2) is 27.7 Å². The molecule has 5 nitrogen and oxygen atoms in total. The van der Waals surface area contributed by atoms with Crippen LogP contribution in [0.2, 0.25) is 0 Å². The topological polar surface area (TPSA) is 68.6 Å². The minimum Gasteiger partial charge on any atom is -0.367 e. The fourth-order valence-electron chi connectivity index (χ4n) is 3.28. The van der Waals surface area contributed by atoms with Crippen molar-refractivity contribution in [2.24, 2.45) is 4.99 Å². The van der Waals surface area contributed by atoms with Gasteiger partial charge < -0.3 is 5.73 Å². The number of nitrogens with zero attached hydrogens (tertiary/aromatic N) is 4. The van der Waals surface area contributed by atoms with E-state index in [0.29, 0.717) is 34.1 Å². The van der Waals surface area contributed by atoms with Crippen molar-refractivity contribution in [1.82, 2.24) is 14.6 Å². The number of nitrogen functional groups attached to an aromatic ring is 1. The van der Waals surface area contributed by atoms with Crippen LogP contribution in [0, 0.1) is 17.5 Å². The van der Waals surface area contributed by atoms with Gasteiger partial charge in [0, 0.05) is 29.0 Å². The number of benzene rings is 2. The minimum atomic E-state index is -1.26. The Hall–Kier alpha value is -3.68. The standard InChI is InChI=1S/C19H10F3N5/c20-12-8-14(22)13(21)7-11(12)16-10-5-6-27-18(10)17(25-19(23)26-27)9-3-1-2-4-15(9)24-16/h1-8H,(H2,23,26). The summed E-state index contributed by atoms with van der Waals surface area (Å²) in [4.78, 5) is 8.88. The molecule has 1 aliphatic heterocycles. The fourth-order valence-corrected chi connectivity index (χ4v) is 3.28. The van der Waals surface area contributed by atoms with Gasteiger partial charge >= 0.3 is 0 Å². The van der Waals surface area contributed by atoms with Crippen molar-refractivity contribution in [1.29, 1.82) is 0 Å². The number of hydrogen-bond donors (Lipinski definition) is 1. The predicted molar refractivity (Wildman–Crippen MR) is 94.5 cm³/mol. The molecular formula is C19H10F3N5. The first kappa shape index (κ1) is 15.6. The van der Waals surface area contributed by atoms with Crippen LogP contribution in [0.1, 0.15) is 11.1 Å². The number of rotatable bonds is 1. The van der Waals surface area contributed by atoms with Gasteiger partial charge in [0.05, 0.1) is 11.4 Å². The Bertz CT molecular complexity index is 1280. The maximum Gasteiger partial charge on any atom is 0.238 e. The van der Waals surface area contributed by atoms with E-state index in [4.69, 9.17) is 5.73 Å². The molecule has 0 saturated carbocycles. The van der Waals surface area contributed by atoms with Crippen molar-refractivity contribution in [2.45, 2.75) is 0 Å². The van der Waals surface area contributed by atoms with Crippen molar-refractivity contribution in [3.05, 3.63) is 77.2 Å². The molecule has 5 rings (SSSR count). The van der Waals surface area contributed by atoms with Gasteiger partial charge in [0.25, 0.3) is 0 Å². The lowest BCUT2D eigenvalue weighted by atomic mass is 10.0. The Labute approximate surface area is 150 Å². The summed E-state index contributed by atoms with van der Waals surface area (Å²) in [5.74, 6) is -3.26. The van der Waals surface area contributed by atoms with Crippen LogP contribution in [0.5, 0.6) is 0 Å². The summed E-state index contributed by atoms with van der Waals surface area (Å²) in [7, 11) is 0. The van der Waals surface area contributed by atoms with Crippen LogP contribution in [0.15, 0.2) is 53.7 Å². The Morgan fingerprint density at radius 3 is 2.48 bits per heavy atom. The molecule has 2 N–H and O–H groups in total. The predicted octanol–water partition coefficient (Wildman–Crippen LogP) is 3.88. The van der Waals surface area contributed by atoms with Crippen LogP contribution in [0.25, 0.3) is 16.8 Å². The highest BCUT2D eigenvalue weighted by atomic mass is 19.2. The highest BCUT2D eigenvalue weighted by molar-refractivity contribution is 6.20. The molecule has 0 unspecified atom stereocenters. The Kier molecular flexibility index (Phi) is 3.12. The highest BCUT2D eigenvalue weighted by Gasteiger charge is 2.25. The molecule has 0 atom stereocenters. The number of aromatic nitrogens is 3. The van der Waals surface area contributed by atoms with Gasteiger partial charge in [-0.15, -0.1) is 5.10 Å². The van der Waals surface area contributed by atoms with Crippen molar-refractivity contribution in [3.63, 3.8) is 0 Å². The normalized spacial score (nSPS) is 12.6. The number of anilines is 1. The summed E-state index contributed by atoms with van der Waals surface area (Å²) in [6, 6.07) is 10.1. The molecule has 2 aromatic carbocycles. The lowest BCUT2D eigenvalue weighted by molar-refractivity contribution is 0.494. The van der Waals surface area contributed by atoms with Gasteiger partial charge in [0.1, 0.15) is 17.0 Å². The van der Waals surface area contributed by atoms with E-state index in [0.717, 1.165) is 6.07 Å². The molecule has 0 spiro atoms. The van der Waals surface area contributed by atoms with E-state index < -0.39 is 17.5 Å². The zero-order valence-electron chi connectivity index (χ0n) is 13.6. The summed E-state index contributed by atoms with van der Waals surface area (Å²) in [6.45, 7) is 0. The SMILES string of the molecule is Nc1nc2c3c(ccn3n1)C(c1cc(F)c(F)cc1F)=Nc1ccccc1-2. The molecular weight excluding hydrogens is 355 g/mol. The lowest BCUT2D eigenvalue weighted by Gasteiger charge is -2.07. The van der Waals surface area contributed by atoms with E-state index in [9.17, 15) is 13.2 Å². The monoisotopic (exact) mass is 365 g/mol. The van der Waals surface area contributed by atoms with Crippen molar-refractivity contribution in [3.8, 4) is 11.3 Å². The molecule has 27 heavy (non-hydrogen) atoms. The van der Waals surface area contributed by atoms with E-state index in [2.05, 4.69) is 15.1 Å². The van der Waals surface area contributed by atoms with Gasteiger partial charge in [-0.3, -0.25) is 0 Å². The summed E-state index contributed by atoms with van der Waals surface area (Å²) in [5, 5.41) is 4.14. The van der Waals surface area contributed by atoms with Crippen molar-refractivity contribution < 1.29 is 13.2 Å². The number of aliphatic imine (C=N–C) groups is 1. The first-order valence-corrected chi connectivity index (χ1v) is 8.01. The summed E-state index contributed by atoms with van der Waals surface area (Å²) in [6.07, 6.45) is 1.63. The third-order valence-corrected chi connectivity index (χ3v) is 4.44.